The maximum absolute atomic E-state index is 12.4. The summed E-state index contributed by atoms with van der Waals surface area (Å²) < 4.78 is 0. The Hall–Kier alpha value is -2.31. The van der Waals surface area contributed by atoms with Crippen LogP contribution in [0.25, 0.3) is 0 Å². The number of hydrogen-bond donors (Lipinski definition) is 2. The Morgan fingerprint density at radius 2 is 1.74 bits per heavy atom. The van der Waals surface area contributed by atoms with Crippen LogP contribution in [0, 0.1) is 0 Å². The number of urea groups is 1. The van der Waals surface area contributed by atoms with Gasteiger partial charge in [0.25, 0.3) is 5.91 Å². The van der Waals surface area contributed by atoms with Crippen molar-refractivity contribution in [2.75, 3.05) is 32.5 Å². The van der Waals surface area contributed by atoms with Gasteiger partial charge >= 0.3 is 6.03 Å². The van der Waals surface area contributed by atoms with Crippen LogP contribution in [0.2, 0.25) is 0 Å². The summed E-state index contributed by atoms with van der Waals surface area (Å²) in [7, 11) is 3.46. The highest BCUT2D eigenvalue weighted by atomic mass is 16.2. The van der Waals surface area contributed by atoms with E-state index in [1.807, 2.05) is 11.0 Å². The van der Waals surface area contributed by atoms with Crippen LogP contribution >= 0.6 is 0 Å². The number of piperidine rings is 1. The number of amides is 3. The zero-order valence-electron chi connectivity index (χ0n) is 16.4. The number of pyridine rings is 1. The third-order valence-electron chi connectivity index (χ3n) is 5.48. The van der Waals surface area contributed by atoms with Gasteiger partial charge in [-0.15, -0.1) is 0 Å². The maximum Gasteiger partial charge on any atom is 0.317 e. The lowest BCUT2D eigenvalue weighted by Gasteiger charge is -2.34. The van der Waals surface area contributed by atoms with E-state index in [1.54, 1.807) is 26.4 Å². The third kappa shape index (κ3) is 5.34. The van der Waals surface area contributed by atoms with Gasteiger partial charge in [0.1, 0.15) is 5.82 Å². The second-order valence-corrected chi connectivity index (χ2v) is 7.82. The zero-order valence-corrected chi connectivity index (χ0v) is 16.4. The zero-order chi connectivity index (χ0) is 19.2. The molecule has 2 aliphatic rings. The van der Waals surface area contributed by atoms with Gasteiger partial charge in [0, 0.05) is 45.5 Å². The first-order valence-corrected chi connectivity index (χ1v) is 10.0. The van der Waals surface area contributed by atoms with E-state index in [-0.39, 0.29) is 11.9 Å². The first-order chi connectivity index (χ1) is 13.0. The number of anilines is 1. The predicted octanol–water partition coefficient (Wildman–Crippen LogP) is 2.70. The van der Waals surface area contributed by atoms with Crippen LogP contribution in [0.5, 0.6) is 0 Å². The molecule has 1 aliphatic heterocycles. The summed E-state index contributed by atoms with van der Waals surface area (Å²) in [6.45, 7) is 1.51. The summed E-state index contributed by atoms with van der Waals surface area (Å²) in [5.41, 5.74) is 0.583. The number of nitrogens with one attached hydrogen (secondary N) is 2. The topological polar surface area (TPSA) is 77.6 Å². The highest BCUT2D eigenvalue weighted by molar-refractivity contribution is 5.93. The minimum absolute atomic E-state index is 0.0497. The lowest BCUT2D eigenvalue weighted by Crippen LogP contribution is -2.49. The molecule has 0 unspecified atom stereocenters. The first kappa shape index (κ1) is 19.5. The quantitative estimate of drug-likeness (QED) is 0.851. The van der Waals surface area contributed by atoms with Crippen molar-refractivity contribution >= 4 is 17.8 Å². The van der Waals surface area contributed by atoms with Gasteiger partial charge in [-0.1, -0.05) is 19.3 Å². The van der Waals surface area contributed by atoms with Gasteiger partial charge < -0.3 is 20.4 Å². The molecule has 2 fully saturated rings. The molecule has 0 spiro atoms. The van der Waals surface area contributed by atoms with Crippen molar-refractivity contribution < 1.29 is 9.59 Å². The van der Waals surface area contributed by atoms with Crippen LogP contribution in [0.1, 0.15) is 55.3 Å². The summed E-state index contributed by atoms with van der Waals surface area (Å²) in [5.74, 6) is 0.724. The summed E-state index contributed by atoms with van der Waals surface area (Å²) in [4.78, 5) is 32.2. The Labute approximate surface area is 161 Å². The lowest BCUT2D eigenvalue weighted by atomic mass is 9.95. The molecule has 1 saturated carbocycles. The molecule has 1 aromatic heterocycles. The van der Waals surface area contributed by atoms with Gasteiger partial charge in [-0.25, -0.2) is 9.78 Å². The molecule has 0 radical (unpaired) electrons. The van der Waals surface area contributed by atoms with E-state index in [4.69, 9.17) is 0 Å². The molecule has 148 valence electrons. The molecule has 0 aromatic carbocycles. The fourth-order valence-electron chi connectivity index (χ4n) is 3.81. The Bertz CT molecular complexity index is 632. The normalized spacial score (nSPS) is 18.8. The molecular weight excluding hydrogens is 342 g/mol. The molecule has 3 amide bonds. The fourth-order valence-corrected chi connectivity index (χ4v) is 3.81. The van der Waals surface area contributed by atoms with Crippen LogP contribution in [-0.2, 0) is 0 Å². The number of likely N-dealkylation sites (tertiary alicyclic amines) is 1. The maximum atomic E-state index is 12.4. The largest absolute Gasteiger partial charge is 0.367 e. The minimum atomic E-state index is -0.0497. The second-order valence-electron chi connectivity index (χ2n) is 7.82. The molecule has 1 aromatic rings. The number of carbonyl (C=O) groups is 2. The first-order valence-electron chi connectivity index (χ1n) is 10.0. The SMILES string of the molecule is CN(C)C(=O)c1ccc(NC2CCN(C(=O)NC3CCCCC3)CC2)nc1. The number of hydrogen-bond acceptors (Lipinski definition) is 4. The Balaban J connectivity index is 1.43. The van der Waals surface area contributed by atoms with Gasteiger partial charge in [-0.05, 0) is 37.8 Å². The van der Waals surface area contributed by atoms with Crippen molar-refractivity contribution in [3.63, 3.8) is 0 Å². The van der Waals surface area contributed by atoms with Crippen LogP contribution in [0.3, 0.4) is 0 Å². The lowest BCUT2D eigenvalue weighted by molar-refractivity contribution is 0.0827. The summed E-state index contributed by atoms with van der Waals surface area (Å²) in [6.07, 6.45) is 9.38. The van der Waals surface area contributed by atoms with Crippen molar-refractivity contribution in [3.05, 3.63) is 23.9 Å². The molecule has 7 heteroatoms. The van der Waals surface area contributed by atoms with E-state index >= 15 is 0 Å². The van der Waals surface area contributed by atoms with Gasteiger partial charge in [0.15, 0.2) is 0 Å². The number of aromatic nitrogens is 1. The Kier molecular flexibility index (Phi) is 6.53. The molecule has 0 bridgehead atoms. The fraction of sp³-hybridized carbons (Fsp3) is 0.650. The Morgan fingerprint density at radius 3 is 2.33 bits per heavy atom. The summed E-state index contributed by atoms with van der Waals surface area (Å²) in [5, 5.41) is 6.62. The van der Waals surface area contributed by atoms with E-state index in [0.29, 0.717) is 17.6 Å². The summed E-state index contributed by atoms with van der Waals surface area (Å²) >= 11 is 0. The molecule has 1 aliphatic carbocycles. The van der Waals surface area contributed by atoms with Crippen LogP contribution in [-0.4, -0.2) is 66.0 Å². The average molecular weight is 374 g/mol. The van der Waals surface area contributed by atoms with Crippen molar-refractivity contribution in [2.24, 2.45) is 0 Å². The van der Waals surface area contributed by atoms with Crippen molar-refractivity contribution in [1.29, 1.82) is 0 Å². The molecule has 3 rings (SSSR count). The molecular formula is C20H31N5O2. The van der Waals surface area contributed by atoms with E-state index < -0.39 is 0 Å². The summed E-state index contributed by atoms with van der Waals surface area (Å²) in [6, 6.07) is 4.38. The molecule has 7 nitrogen and oxygen atoms in total. The second kappa shape index (κ2) is 9.06. The number of carbonyl (C=O) groups excluding carboxylic acids is 2. The van der Waals surface area contributed by atoms with Gasteiger partial charge in [-0.3, -0.25) is 4.79 Å². The number of nitrogens with zero attached hydrogens (tertiary/aromatic N) is 3. The highest BCUT2D eigenvalue weighted by Crippen LogP contribution is 2.19. The minimum Gasteiger partial charge on any atom is -0.367 e. The van der Waals surface area contributed by atoms with Crippen molar-refractivity contribution in [2.45, 2.75) is 57.0 Å². The van der Waals surface area contributed by atoms with E-state index in [9.17, 15) is 9.59 Å². The number of rotatable bonds is 4. The van der Waals surface area contributed by atoms with E-state index in [0.717, 1.165) is 44.6 Å². The monoisotopic (exact) mass is 373 g/mol. The van der Waals surface area contributed by atoms with Crippen molar-refractivity contribution in [3.8, 4) is 0 Å². The molecule has 2 N–H and O–H groups in total. The van der Waals surface area contributed by atoms with Crippen molar-refractivity contribution in [1.82, 2.24) is 20.1 Å². The average Bonchev–Trinajstić information content (AvgIpc) is 2.69. The molecule has 27 heavy (non-hydrogen) atoms. The molecule has 0 atom stereocenters. The molecule has 2 heterocycles. The van der Waals surface area contributed by atoms with Gasteiger partial charge in [-0.2, -0.15) is 0 Å². The smallest absolute Gasteiger partial charge is 0.317 e. The van der Waals surface area contributed by atoms with Gasteiger partial charge in [0.2, 0.25) is 0 Å². The standard InChI is InChI=1S/C20H31N5O2/c1-24(2)19(26)15-8-9-18(21-14-15)22-17-10-12-25(13-11-17)20(27)23-16-6-4-3-5-7-16/h8-9,14,16-17H,3-7,10-13H2,1-2H3,(H,21,22)(H,23,27). The van der Waals surface area contributed by atoms with Crippen LogP contribution < -0.4 is 10.6 Å². The van der Waals surface area contributed by atoms with Crippen LogP contribution in [0.15, 0.2) is 18.3 Å². The van der Waals surface area contributed by atoms with Gasteiger partial charge in [0.05, 0.1) is 5.56 Å². The third-order valence-corrected chi connectivity index (χ3v) is 5.48. The predicted molar refractivity (Wildman–Crippen MR) is 106 cm³/mol. The van der Waals surface area contributed by atoms with Crippen LogP contribution in [0.4, 0.5) is 10.6 Å². The Morgan fingerprint density at radius 1 is 1.04 bits per heavy atom. The molecule has 1 saturated heterocycles. The highest BCUT2D eigenvalue weighted by Gasteiger charge is 2.25. The van der Waals surface area contributed by atoms with E-state index in [1.165, 1.54) is 24.2 Å². The van der Waals surface area contributed by atoms with E-state index in [2.05, 4.69) is 15.6 Å².